The predicted octanol–water partition coefficient (Wildman–Crippen LogP) is 2.89. The molecule has 3 aromatic rings. The number of hydrogen-bond acceptors (Lipinski definition) is 5. The second-order valence-electron chi connectivity index (χ2n) is 4.96. The van der Waals surface area contributed by atoms with E-state index in [-0.39, 0.29) is 11.5 Å². The number of hydrazone groups is 1. The van der Waals surface area contributed by atoms with Crippen LogP contribution in [0.1, 0.15) is 5.56 Å². The quantitative estimate of drug-likeness (QED) is 0.559. The van der Waals surface area contributed by atoms with Gasteiger partial charge in [-0.2, -0.15) is 5.10 Å². The lowest BCUT2D eigenvalue weighted by atomic mass is 10.1. The van der Waals surface area contributed by atoms with Crippen LogP contribution in [0.25, 0.3) is 11.3 Å². The molecular formula is C18H16N4O2. The molecule has 0 saturated carbocycles. The highest BCUT2D eigenvalue weighted by atomic mass is 16.5. The second kappa shape index (κ2) is 7.23. The highest BCUT2D eigenvalue weighted by molar-refractivity contribution is 5.83. The SMILES string of the molecule is COc1ccccc1C=NNc1nc(-c2ccccc2)cc(=O)[nH]1. The van der Waals surface area contributed by atoms with E-state index in [0.29, 0.717) is 11.4 Å². The summed E-state index contributed by atoms with van der Waals surface area (Å²) >= 11 is 0. The van der Waals surface area contributed by atoms with E-state index in [0.717, 1.165) is 11.1 Å². The summed E-state index contributed by atoms with van der Waals surface area (Å²) in [5, 5.41) is 4.11. The van der Waals surface area contributed by atoms with E-state index in [1.807, 2.05) is 54.6 Å². The first kappa shape index (κ1) is 15.5. The fourth-order valence-corrected chi connectivity index (χ4v) is 2.20. The van der Waals surface area contributed by atoms with Gasteiger partial charge in [-0.25, -0.2) is 10.4 Å². The summed E-state index contributed by atoms with van der Waals surface area (Å²) in [5.41, 5.74) is 4.75. The Morgan fingerprint density at radius 3 is 2.67 bits per heavy atom. The zero-order valence-electron chi connectivity index (χ0n) is 13.1. The smallest absolute Gasteiger partial charge is 0.252 e. The average molecular weight is 320 g/mol. The molecule has 0 radical (unpaired) electrons. The van der Waals surface area contributed by atoms with Gasteiger partial charge in [0.05, 0.1) is 19.0 Å². The van der Waals surface area contributed by atoms with Crippen LogP contribution in [0.5, 0.6) is 5.75 Å². The Hall–Kier alpha value is -3.41. The standard InChI is InChI=1S/C18H16N4O2/c1-24-16-10-6-5-9-14(16)12-19-22-18-20-15(11-17(23)21-18)13-7-3-2-4-8-13/h2-12H,1H3,(H2,20,21,22,23). The molecule has 0 aliphatic heterocycles. The molecular weight excluding hydrogens is 304 g/mol. The predicted molar refractivity (Wildman–Crippen MR) is 94.5 cm³/mol. The zero-order chi connectivity index (χ0) is 16.8. The first-order valence-corrected chi connectivity index (χ1v) is 7.35. The van der Waals surface area contributed by atoms with Crippen molar-refractivity contribution in [2.24, 2.45) is 5.10 Å². The van der Waals surface area contributed by atoms with Crippen molar-refractivity contribution in [1.29, 1.82) is 0 Å². The van der Waals surface area contributed by atoms with Crippen molar-refractivity contribution >= 4 is 12.2 Å². The van der Waals surface area contributed by atoms with Crippen LogP contribution < -0.4 is 15.7 Å². The Kier molecular flexibility index (Phi) is 4.67. The van der Waals surface area contributed by atoms with E-state index >= 15 is 0 Å². The summed E-state index contributed by atoms with van der Waals surface area (Å²) < 4.78 is 5.25. The monoisotopic (exact) mass is 320 g/mol. The fourth-order valence-electron chi connectivity index (χ4n) is 2.20. The lowest BCUT2D eigenvalue weighted by Crippen LogP contribution is -2.10. The number of anilines is 1. The number of nitrogens with zero attached hydrogens (tertiary/aromatic N) is 2. The van der Waals surface area contributed by atoms with Gasteiger partial charge >= 0.3 is 0 Å². The van der Waals surface area contributed by atoms with Crippen LogP contribution >= 0.6 is 0 Å². The van der Waals surface area contributed by atoms with Gasteiger partial charge in [-0.15, -0.1) is 0 Å². The van der Waals surface area contributed by atoms with E-state index in [9.17, 15) is 4.79 Å². The van der Waals surface area contributed by atoms with Crippen molar-refractivity contribution in [2.45, 2.75) is 0 Å². The van der Waals surface area contributed by atoms with Crippen LogP contribution in [0.4, 0.5) is 5.95 Å². The maximum Gasteiger partial charge on any atom is 0.252 e. The largest absolute Gasteiger partial charge is 0.496 e. The normalized spacial score (nSPS) is 10.7. The molecule has 0 aliphatic carbocycles. The first-order chi connectivity index (χ1) is 11.8. The maximum atomic E-state index is 11.8. The van der Waals surface area contributed by atoms with E-state index in [2.05, 4.69) is 20.5 Å². The lowest BCUT2D eigenvalue weighted by Gasteiger charge is -2.05. The Morgan fingerprint density at radius 1 is 1.12 bits per heavy atom. The van der Waals surface area contributed by atoms with E-state index < -0.39 is 0 Å². The third-order valence-electron chi connectivity index (χ3n) is 3.32. The maximum absolute atomic E-state index is 11.8. The Labute approximate surface area is 138 Å². The second-order valence-corrected chi connectivity index (χ2v) is 4.96. The number of methoxy groups -OCH3 is 1. The van der Waals surface area contributed by atoms with Crippen molar-refractivity contribution in [3.05, 3.63) is 76.6 Å². The summed E-state index contributed by atoms with van der Waals surface area (Å²) in [7, 11) is 1.60. The summed E-state index contributed by atoms with van der Waals surface area (Å²) in [6.45, 7) is 0. The van der Waals surface area contributed by atoms with Gasteiger partial charge in [0.15, 0.2) is 0 Å². The minimum Gasteiger partial charge on any atom is -0.496 e. The molecule has 0 unspecified atom stereocenters. The number of benzene rings is 2. The van der Waals surface area contributed by atoms with Crippen molar-refractivity contribution in [3.8, 4) is 17.0 Å². The van der Waals surface area contributed by atoms with E-state index in [4.69, 9.17) is 4.74 Å². The van der Waals surface area contributed by atoms with Gasteiger partial charge < -0.3 is 4.74 Å². The number of H-pyrrole nitrogens is 1. The number of aromatic nitrogens is 2. The van der Waals surface area contributed by atoms with Gasteiger partial charge in [-0.05, 0) is 12.1 Å². The molecule has 2 N–H and O–H groups in total. The van der Waals surface area contributed by atoms with E-state index in [1.165, 1.54) is 6.07 Å². The summed E-state index contributed by atoms with van der Waals surface area (Å²) in [6.07, 6.45) is 1.61. The Balaban J connectivity index is 1.82. The number of rotatable bonds is 5. The van der Waals surface area contributed by atoms with Gasteiger partial charge in [0.1, 0.15) is 5.75 Å². The van der Waals surface area contributed by atoms with Crippen molar-refractivity contribution in [2.75, 3.05) is 12.5 Å². The molecule has 0 aliphatic rings. The van der Waals surface area contributed by atoms with Gasteiger partial charge in [-0.1, -0.05) is 42.5 Å². The molecule has 2 aromatic carbocycles. The third-order valence-corrected chi connectivity index (χ3v) is 3.32. The minimum absolute atomic E-state index is 0.251. The number of aromatic amines is 1. The minimum atomic E-state index is -0.251. The summed E-state index contributed by atoms with van der Waals surface area (Å²) in [5.74, 6) is 0.982. The van der Waals surface area contributed by atoms with Crippen LogP contribution in [0, 0.1) is 0 Å². The number of hydrogen-bond donors (Lipinski definition) is 2. The molecule has 0 spiro atoms. The number of ether oxygens (including phenoxy) is 1. The number of nitrogens with one attached hydrogen (secondary N) is 2. The summed E-state index contributed by atoms with van der Waals surface area (Å²) in [4.78, 5) is 18.8. The fraction of sp³-hybridized carbons (Fsp3) is 0.0556. The van der Waals surface area contributed by atoms with Crippen LogP contribution in [0.2, 0.25) is 0 Å². The van der Waals surface area contributed by atoms with E-state index in [1.54, 1.807) is 13.3 Å². The molecule has 24 heavy (non-hydrogen) atoms. The number of para-hydroxylation sites is 1. The molecule has 6 nitrogen and oxygen atoms in total. The van der Waals surface area contributed by atoms with Crippen molar-refractivity contribution < 1.29 is 4.74 Å². The highest BCUT2D eigenvalue weighted by Crippen LogP contribution is 2.16. The van der Waals surface area contributed by atoms with Crippen LogP contribution in [-0.4, -0.2) is 23.3 Å². The molecule has 0 atom stereocenters. The lowest BCUT2D eigenvalue weighted by molar-refractivity contribution is 0.414. The third kappa shape index (κ3) is 3.67. The van der Waals surface area contributed by atoms with Gasteiger partial charge in [0.2, 0.25) is 5.95 Å². The highest BCUT2D eigenvalue weighted by Gasteiger charge is 2.03. The molecule has 6 heteroatoms. The molecule has 3 rings (SSSR count). The average Bonchev–Trinajstić information content (AvgIpc) is 2.62. The topological polar surface area (TPSA) is 79.4 Å². The molecule has 0 bridgehead atoms. The molecule has 0 amide bonds. The Bertz CT molecular complexity index is 904. The Morgan fingerprint density at radius 2 is 1.88 bits per heavy atom. The van der Waals surface area contributed by atoms with Crippen molar-refractivity contribution in [3.63, 3.8) is 0 Å². The zero-order valence-corrected chi connectivity index (χ0v) is 13.1. The molecule has 1 heterocycles. The van der Waals surface area contributed by atoms with Crippen LogP contribution in [0.3, 0.4) is 0 Å². The van der Waals surface area contributed by atoms with Crippen molar-refractivity contribution in [1.82, 2.24) is 9.97 Å². The van der Waals surface area contributed by atoms with Gasteiger partial charge in [0.25, 0.3) is 5.56 Å². The van der Waals surface area contributed by atoms with Crippen LogP contribution in [-0.2, 0) is 0 Å². The van der Waals surface area contributed by atoms with Crippen LogP contribution in [0.15, 0.2) is 70.6 Å². The first-order valence-electron chi connectivity index (χ1n) is 7.35. The van der Waals surface area contributed by atoms with Gasteiger partial charge in [-0.3, -0.25) is 9.78 Å². The summed E-state index contributed by atoms with van der Waals surface area (Å²) in [6, 6.07) is 18.4. The molecule has 120 valence electrons. The molecule has 0 saturated heterocycles. The molecule has 1 aromatic heterocycles. The molecule has 0 fully saturated rings. The van der Waals surface area contributed by atoms with Gasteiger partial charge in [0, 0.05) is 17.2 Å².